The molecule has 2 aromatic carbocycles. The molecule has 162 valence electrons. The van der Waals surface area contributed by atoms with Gasteiger partial charge in [-0.3, -0.25) is 4.79 Å². The lowest BCUT2D eigenvalue weighted by Gasteiger charge is -2.29. The maximum Gasteiger partial charge on any atom is 0.304 e. The number of anilines is 3. The van der Waals surface area contributed by atoms with Gasteiger partial charge in [0.2, 0.25) is 5.91 Å². The molecule has 7 nitrogen and oxygen atoms in total. The Morgan fingerprint density at radius 1 is 1.03 bits per heavy atom. The van der Waals surface area contributed by atoms with Gasteiger partial charge in [-0.25, -0.2) is 8.70 Å². The molecule has 0 unspecified atom stereocenters. The zero-order valence-electron chi connectivity index (χ0n) is 17.2. The lowest BCUT2D eigenvalue weighted by Crippen LogP contribution is -2.44. The van der Waals surface area contributed by atoms with Crippen LogP contribution in [0.25, 0.3) is 0 Å². The van der Waals surface area contributed by atoms with Crippen LogP contribution in [-0.2, 0) is 15.0 Å². The molecule has 1 saturated heterocycles. The quantitative estimate of drug-likeness (QED) is 0.727. The minimum Gasteiger partial charge on any atom is -0.372 e. The summed E-state index contributed by atoms with van der Waals surface area (Å²) in [5.41, 5.74) is 1.47. The lowest BCUT2D eigenvalue weighted by molar-refractivity contribution is -0.114. The smallest absolute Gasteiger partial charge is 0.304 e. The van der Waals surface area contributed by atoms with E-state index in [0.29, 0.717) is 5.69 Å². The molecule has 0 bridgehead atoms. The zero-order chi connectivity index (χ0) is 21.7. The zero-order valence-corrected chi connectivity index (χ0v) is 18.0. The largest absolute Gasteiger partial charge is 0.372 e. The molecular weight excluding hydrogens is 407 g/mol. The van der Waals surface area contributed by atoms with Crippen molar-refractivity contribution in [1.29, 1.82) is 0 Å². The maximum absolute atomic E-state index is 14.3. The number of hydrogen-bond acceptors (Lipinski definition) is 4. The number of carbonyl (C=O) groups excluding carboxylic acids is 1. The average Bonchev–Trinajstić information content (AvgIpc) is 2.73. The Morgan fingerprint density at radius 2 is 1.67 bits per heavy atom. The Bertz CT molecular complexity index is 974. The molecule has 30 heavy (non-hydrogen) atoms. The molecule has 1 N–H and O–H groups in total. The highest BCUT2D eigenvalue weighted by Gasteiger charge is 2.29. The van der Waals surface area contributed by atoms with E-state index in [0.717, 1.165) is 33.5 Å². The average molecular weight is 435 g/mol. The van der Waals surface area contributed by atoms with Crippen LogP contribution in [0.5, 0.6) is 0 Å². The van der Waals surface area contributed by atoms with Crippen molar-refractivity contribution < 1.29 is 17.6 Å². The first-order valence-corrected chi connectivity index (χ1v) is 11.3. The number of hydrogen-bond donors (Lipinski definition) is 1. The summed E-state index contributed by atoms with van der Waals surface area (Å²) in [6.07, 6.45) is 3.59. The lowest BCUT2D eigenvalue weighted by atomic mass is 10.1. The van der Waals surface area contributed by atoms with E-state index >= 15 is 0 Å². The molecular formula is C21H27FN4O3S. The highest BCUT2D eigenvalue weighted by atomic mass is 32.2. The van der Waals surface area contributed by atoms with Crippen molar-refractivity contribution >= 4 is 33.2 Å². The fraction of sp³-hybridized carbons (Fsp3) is 0.381. The summed E-state index contributed by atoms with van der Waals surface area (Å²) >= 11 is 0. The van der Waals surface area contributed by atoms with E-state index in [4.69, 9.17) is 0 Å². The summed E-state index contributed by atoms with van der Waals surface area (Å²) in [6, 6.07) is 12.9. The number of para-hydroxylation sites is 1. The highest BCUT2D eigenvalue weighted by Crippen LogP contribution is 2.24. The summed E-state index contributed by atoms with van der Waals surface area (Å²) in [7, 11) is -1.40. The van der Waals surface area contributed by atoms with E-state index in [9.17, 15) is 17.6 Å². The molecule has 0 atom stereocenters. The van der Waals surface area contributed by atoms with Gasteiger partial charge in [0.05, 0.1) is 5.69 Å². The first-order valence-electron chi connectivity index (χ1n) is 9.88. The van der Waals surface area contributed by atoms with Crippen LogP contribution in [0.3, 0.4) is 0 Å². The van der Waals surface area contributed by atoms with Gasteiger partial charge in [-0.1, -0.05) is 12.1 Å². The SMILES string of the molecule is CN(C)S(=O)(=O)N(CC(=O)Nc1ccc(N2CCCCC2)cc1)c1ccccc1F. The Labute approximate surface area is 177 Å². The van der Waals surface area contributed by atoms with E-state index in [-0.39, 0.29) is 5.69 Å². The predicted octanol–water partition coefficient (Wildman–Crippen LogP) is 3.07. The Morgan fingerprint density at radius 3 is 2.27 bits per heavy atom. The van der Waals surface area contributed by atoms with Crippen LogP contribution in [-0.4, -0.2) is 52.4 Å². The van der Waals surface area contributed by atoms with Crippen LogP contribution < -0.4 is 14.5 Å². The topological polar surface area (TPSA) is 73.0 Å². The summed E-state index contributed by atoms with van der Waals surface area (Å²) in [5, 5.41) is 2.70. The Balaban J connectivity index is 1.74. The van der Waals surface area contributed by atoms with Crippen molar-refractivity contribution in [2.45, 2.75) is 19.3 Å². The number of nitrogens with one attached hydrogen (secondary N) is 1. The van der Waals surface area contributed by atoms with E-state index in [1.807, 2.05) is 12.1 Å². The van der Waals surface area contributed by atoms with Gasteiger partial charge in [-0.15, -0.1) is 0 Å². The van der Waals surface area contributed by atoms with Crippen molar-refractivity contribution in [1.82, 2.24) is 4.31 Å². The van der Waals surface area contributed by atoms with E-state index in [2.05, 4.69) is 10.2 Å². The maximum atomic E-state index is 14.3. The standard InChI is InChI=1S/C21H27FN4O3S/c1-24(2)30(28,29)26(20-9-5-4-8-19(20)22)16-21(27)23-17-10-12-18(13-11-17)25-14-6-3-7-15-25/h4-5,8-13H,3,6-7,14-16H2,1-2H3,(H,23,27). The van der Waals surface area contributed by atoms with E-state index in [1.165, 1.54) is 51.6 Å². The number of rotatable bonds is 7. The second-order valence-corrected chi connectivity index (χ2v) is 9.46. The van der Waals surface area contributed by atoms with Gasteiger partial charge in [-0.2, -0.15) is 12.7 Å². The number of amides is 1. The van der Waals surface area contributed by atoms with Crippen molar-refractivity contribution in [2.24, 2.45) is 0 Å². The van der Waals surface area contributed by atoms with Gasteiger partial charge in [-0.05, 0) is 55.7 Å². The number of halogens is 1. The molecule has 1 amide bonds. The van der Waals surface area contributed by atoms with Gasteiger partial charge < -0.3 is 10.2 Å². The minimum absolute atomic E-state index is 0.179. The first-order chi connectivity index (χ1) is 14.3. The molecule has 3 rings (SSSR count). The second kappa shape index (κ2) is 9.44. The third-order valence-electron chi connectivity index (χ3n) is 5.02. The van der Waals surface area contributed by atoms with Crippen LogP contribution in [0.1, 0.15) is 19.3 Å². The first kappa shape index (κ1) is 22.0. The normalized spacial score (nSPS) is 14.6. The molecule has 1 fully saturated rings. The molecule has 0 radical (unpaired) electrons. The summed E-state index contributed by atoms with van der Waals surface area (Å²) in [6.45, 7) is 1.49. The molecule has 0 spiro atoms. The molecule has 0 aliphatic carbocycles. The van der Waals surface area contributed by atoms with Gasteiger partial charge in [0, 0.05) is 38.6 Å². The Hall–Kier alpha value is -2.65. The van der Waals surface area contributed by atoms with Crippen molar-refractivity contribution in [3.8, 4) is 0 Å². The summed E-state index contributed by atoms with van der Waals surface area (Å²) in [5.74, 6) is -1.28. The second-order valence-electron chi connectivity index (χ2n) is 7.39. The van der Waals surface area contributed by atoms with E-state index in [1.54, 1.807) is 12.1 Å². The number of carbonyl (C=O) groups is 1. The van der Waals surface area contributed by atoms with Crippen LogP contribution in [0, 0.1) is 5.82 Å². The van der Waals surface area contributed by atoms with Crippen LogP contribution in [0.4, 0.5) is 21.5 Å². The molecule has 9 heteroatoms. The molecule has 0 saturated carbocycles. The van der Waals surface area contributed by atoms with Gasteiger partial charge in [0.15, 0.2) is 0 Å². The van der Waals surface area contributed by atoms with Crippen molar-refractivity contribution in [2.75, 3.05) is 48.3 Å². The molecule has 1 heterocycles. The van der Waals surface area contributed by atoms with Crippen LogP contribution >= 0.6 is 0 Å². The van der Waals surface area contributed by atoms with Gasteiger partial charge in [0.25, 0.3) is 0 Å². The third-order valence-corrected chi connectivity index (χ3v) is 6.83. The third kappa shape index (κ3) is 5.09. The van der Waals surface area contributed by atoms with Gasteiger partial charge in [0.1, 0.15) is 12.4 Å². The number of benzene rings is 2. The molecule has 2 aromatic rings. The molecule has 1 aliphatic rings. The monoisotopic (exact) mass is 434 g/mol. The molecule has 0 aromatic heterocycles. The summed E-state index contributed by atoms with van der Waals surface area (Å²) in [4.78, 5) is 14.9. The highest BCUT2D eigenvalue weighted by molar-refractivity contribution is 7.90. The fourth-order valence-electron chi connectivity index (χ4n) is 3.38. The summed E-state index contributed by atoms with van der Waals surface area (Å²) < 4.78 is 41.4. The number of piperidine rings is 1. The Kier molecular flexibility index (Phi) is 6.94. The molecule has 1 aliphatic heterocycles. The fourth-order valence-corrected chi connectivity index (χ4v) is 4.45. The predicted molar refractivity (Wildman–Crippen MR) is 117 cm³/mol. The van der Waals surface area contributed by atoms with E-state index < -0.39 is 28.5 Å². The minimum atomic E-state index is -4.06. The van der Waals surface area contributed by atoms with Crippen molar-refractivity contribution in [3.05, 3.63) is 54.3 Å². The van der Waals surface area contributed by atoms with Crippen LogP contribution in [0.15, 0.2) is 48.5 Å². The number of nitrogens with zero attached hydrogens (tertiary/aromatic N) is 3. The van der Waals surface area contributed by atoms with Crippen molar-refractivity contribution in [3.63, 3.8) is 0 Å². The van der Waals surface area contributed by atoms with Gasteiger partial charge >= 0.3 is 10.2 Å². The van der Waals surface area contributed by atoms with Crippen LogP contribution in [0.2, 0.25) is 0 Å².